The van der Waals surface area contributed by atoms with Gasteiger partial charge in [0.05, 0.1) is 12.1 Å². The summed E-state index contributed by atoms with van der Waals surface area (Å²) in [6.45, 7) is 0.519. The van der Waals surface area contributed by atoms with Gasteiger partial charge in [0, 0.05) is 5.02 Å². The van der Waals surface area contributed by atoms with Gasteiger partial charge in [0.15, 0.2) is 0 Å². The van der Waals surface area contributed by atoms with Crippen LogP contribution in [-0.2, 0) is 13.0 Å². The van der Waals surface area contributed by atoms with E-state index in [2.05, 4.69) is 10.1 Å². The minimum Gasteiger partial charge on any atom is -0.388 e. The second-order valence-corrected chi connectivity index (χ2v) is 6.05. The van der Waals surface area contributed by atoms with Gasteiger partial charge in [-0.25, -0.2) is 4.98 Å². The van der Waals surface area contributed by atoms with Gasteiger partial charge in [0.2, 0.25) is 0 Å². The van der Waals surface area contributed by atoms with Crippen LogP contribution in [0.4, 0.5) is 0 Å². The van der Waals surface area contributed by atoms with E-state index in [1.54, 1.807) is 11.0 Å². The van der Waals surface area contributed by atoms with Gasteiger partial charge in [0.25, 0.3) is 0 Å². The summed E-state index contributed by atoms with van der Waals surface area (Å²) < 4.78 is 1.72. The molecule has 1 aliphatic rings. The maximum atomic E-state index is 10.9. The number of nitrogens with zero attached hydrogens (tertiary/aromatic N) is 3. The van der Waals surface area contributed by atoms with E-state index in [0.717, 1.165) is 30.7 Å². The molecule has 5 heteroatoms. The number of aliphatic hydroxyl groups is 1. The number of aromatic nitrogens is 3. The molecular weight excluding hydrogens is 274 g/mol. The Morgan fingerprint density at radius 2 is 2.15 bits per heavy atom. The number of benzene rings is 1. The highest BCUT2D eigenvalue weighted by atomic mass is 35.5. The number of rotatable bonds is 4. The normalized spacial score (nSPS) is 26.0. The summed E-state index contributed by atoms with van der Waals surface area (Å²) in [7, 11) is 0. The zero-order valence-corrected chi connectivity index (χ0v) is 12.0. The van der Waals surface area contributed by atoms with Crippen LogP contribution in [0, 0.1) is 5.92 Å². The first-order valence-electron chi connectivity index (χ1n) is 6.95. The third kappa shape index (κ3) is 2.86. The summed E-state index contributed by atoms with van der Waals surface area (Å²) in [6, 6.07) is 7.89. The molecule has 2 atom stereocenters. The molecule has 20 heavy (non-hydrogen) atoms. The predicted octanol–water partition coefficient (Wildman–Crippen LogP) is 2.71. The summed E-state index contributed by atoms with van der Waals surface area (Å²) in [5.41, 5.74) is 0.533. The van der Waals surface area contributed by atoms with Crippen LogP contribution in [0.25, 0.3) is 0 Å². The minimum absolute atomic E-state index is 0.257. The summed E-state index contributed by atoms with van der Waals surface area (Å²) >= 11 is 5.91. The summed E-state index contributed by atoms with van der Waals surface area (Å²) in [5.74, 6) is 0.257. The van der Waals surface area contributed by atoms with Crippen molar-refractivity contribution in [2.75, 3.05) is 0 Å². The zero-order valence-electron chi connectivity index (χ0n) is 11.2. The van der Waals surface area contributed by atoms with Crippen molar-refractivity contribution in [3.8, 4) is 0 Å². The molecule has 0 bridgehead atoms. The second-order valence-electron chi connectivity index (χ2n) is 5.62. The number of hydrogen-bond acceptors (Lipinski definition) is 3. The third-order valence-electron chi connectivity index (χ3n) is 4.22. The molecule has 1 aromatic carbocycles. The largest absolute Gasteiger partial charge is 0.388 e. The molecule has 1 fully saturated rings. The molecule has 4 nitrogen and oxygen atoms in total. The maximum absolute atomic E-state index is 10.9. The first kappa shape index (κ1) is 13.6. The van der Waals surface area contributed by atoms with E-state index in [-0.39, 0.29) is 5.92 Å². The molecule has 106 valence electrons. The first-order valence-corrected chi connectivity index (χ1v) is 7.33. The standard InChI is InChI=1S/C15H18ClN3O/c16-14-5-3-12(4-6-14)8-13-2-1-7-15(13,20)9-19-11-17-10-18-19/h3-6,10-11,13,20H,1-2,7-9H2/t13-,15-/m1/s1. The lowest BCUT2D eigenvalue weighted by molar-refractivity contribution is -0.0163. The van der Waals surface area contributed by atoms with Crippen LogP contribution < -0.4 is 0 Å². The third-order valence-corrected chi connectivity index (χ3v) is 4.47. The molecule has 0 unspecified atom stereocenters. The van der Waals surface area contributed by atoms with Gasteiger partial charge in [-0.3, -0.25) is 4.68 Å². The van der Waals surface area contributed by atoms with E-state index in [1.807, 2.05) is 24.3 Å². The fourth-order valence-corrected chi connectivity index (χ4v) is 3.25. The summed E-state index contributed by atoms with van der Waals surface area (Å²) in [5, 5.41) is 15.8. The Hall–Kier alpha value is -1.39. The molecule has 1 saturated carbocycles. The topological polar surface area (TPSA) is 50.9 Å². The summed E-state index contributed by atoms with van der Waals surface area (Å²) in [4.78, 5) is 3.94. The van der Waals surface area contributed by atoms with Crippen molar-refractivity contribution in [1.82, 2.24) is 14.8 Å². The Labute approximate surface area is 123 Å². The lowest BCUT2D eigenvalue weighted by Gasteiger charge is -2.30. The van der Waals surface area contributed by atoms with Crippen LogP contribution in [0.5, 0.6) is 0 Å². The van der Waals surface area contributed by atoms with Crippen molar-refractivity contribution >= 4 is 11.6 Å². The molecule has 3 rings (SSSR count). The van der Waals surface area contributed by atoms with Gasteiger partial charge >= 0.3 is 0 Å². The molecule has 1 aromatic heterocycles. The molecule has 1 N–H and O–H groups in total. The molecule has 0 radical (unpaired) electrons. The van der Waals surface area contributed by atoms with Gasteiger partial charge in [-0.15, -0.1) is 0 Å². The van der Waals surface area contributed by atoms with E-state index in [4.69, 9.17) is 11.6 Å². The molecule has 2 aromatic rings. The van der Waals surface area contributed by atoms with E-state index >= 15 is 0 Å². The fourth-order valence-electron chi connectivity index (χ4n) is 3.13. The van der Waals surface area contributed by atoms with Gasteiger partial charge < -0.3 is 5.11 Å². The number of hydrogen-bond donors (Lipinski definition) is 1. The van der Waals surface area contributed by atoms with Crippen LogP contribution in [0.2, 0.25) is 5.02 Å². The molecule has 0 aliphatic heterocycles. The molecule has 1 heterocycles. The first-order chi connectivity index (χ1) is 9.66. The quantitative estimate of drug-likeness (QED) is 0.942. The highest BCUT2D eigenvalue weighted by Crippen LogP contribution is 2.39. The van der Waals surface area contributed by atoms with Crippen LogP contribution >= 0.6 is 11.6 Å². The average Bonchev–Trinajstić information content (AvgIpc) is 3.04. The Morgan fingerprint density at radius 3 is 2.85 bits per heavy atom. The van der Waals surface area contributed by atoms with E-state index < -0.39 is 5.60 Å². The smallest absolute Gasteiger partial charge is 0.137 e. The van der Waals surface area contributed by atoms with Gasteiger partial charge in [-0.2, -0.15) is 5.10 Å². The van der Waals surface area contributed by atoms with Crippen LogP contribution in [0.3, 0.4) is 0 Å². The molecule has 0 saturated heterocycles. The zero-order chi connectivity index (χ0) is 14.0. The molecular formula is C15H18ClN3O. The maximum Gasteiger partial charge on any atom is 0.137 e. The van der Waals surface area contributed by atoms with Crippen molar-refractivity contribution in [2.24, 2.45) is 5.92 Å². The minimum atomic E-state index is -0.687. The van der Waals surface area contributed by atoms with Crippen molar-refractivity contribution in [3.63, 3.8) is 0 Å². The highest BCUT2D eigenvalue weighted by Gasteiger charge is 2.41. The SMILES string of the molecule is O[C@@]1(Cn2cncn2)CCC[C@@H]1Cc1ccc(Cl)cc1. The number of halogens is 1. The van der Waals surface area contributed by atoms with Crippen molar-refractivity contribution in [1.29, 1.82) is 0 Å². The molecule has 0 amide bonds. The van der Waals surface area contributed by atoms with Crippen molar-refractivity contribution < 1.29 is 5.11 Å². The summed E-state index contributed by atoms with van der Waals surface area (Å²) in [6.07, 6.45) is 6.98. The Morgan fingerprint density at radius 1 is 1.35 bits per heavy atom. The van der Waals surface area contributed by atoms with E-state index in [9.17, 15) is 5.11 Å². The lowest BCUT2D eigenvalue weighted by Crippen LogP contribution is -2.39. The van der Waals surface area contributed by atoms with Gasteiger partial charge in [-0.1, -0.05) is 30.2 Å². The fraction of sp³-hybridized carbons (Fsp3) is 0.467. The Balaban J connectivity index is 1.73. The van der Waals surface area contributed by atoms with Crippen LogP contribution in [0.1, 0.15) is 24.8 Å². The predicted molar refractivity (Wildman–Crippen MR) is 77.5 cm³/mol. The average molecular weight is 292 g/mol. The van der Waals surface area contributed by atoms with Crippen LogP contribution in [-0.4, -0.2) is 25.5 Å². The van der Waals surface area contributed by atoms with Crippen molar-refractivity contribution in [2.45, 2.75) is 37.8 Å². The van der Waals surface area contributed by atoms with Crippen LogP contribution in [0.15, 0.2) is 36.9 Å². The lowest BCUT2D eigenvalue weighted by atomic mass is 9.85. The second kappa shape index (κ2) is 5.54. The monoisotopic (exact) mass is 291 g/mol. The highest BCUT2D eigenvalue weighted by molar-refractivity contribution is 6.30. The van der Waals surface area contributed by atoms with Gasteiger partial charge in [-0.05, 0) is 42.9 Å². The Kier molecular flexibility index (Phi) is 3.76. The molecule has 1 aliphatic carbocycles. The van der Waals surface area contributed by atoms with E-state index in [1.165, 1.54) is 11.9 Å². The molecule has 0 spiro atoms. The Bertz CT molecular complexity index is 555. The van der Waals surface area contributed by atoms with Crippen molar-refractivity contribution in [3.05, 3.63) is 47.5 Å². The van der Waals surface area contributed by atoms with E-state index in [0.29, 0.717) is 6.54 Å². The van der Waals surface area contributed by atoms with Gasteiger partial charge in [0.1, 0.15) is 12.7 Å².